The molecule has 0 unspecified atom stereocenters. The van der Waals surface area contributed by atoms with Crippen LogP contribution in [0.4, 0.5) is 0 Å². The third-order valence-electron chi connectivity index (χ3n) is 2.43. The fourth-order valence-corrected chi connectivity index (χ4v) is 2.60. The van der Waals surface area contributed by atoms with Gasteiger partial charge in [0.1, 0.15) is 0 Å². The standard InChI is InChI=1S/C15H22O2S/c1-5-17-15(16)9-13-8-12(4)6-7-14(13)18-10-11(2)3/h6-8,11H,5,9-10H2,1-4H3. The van der Waals surface area contributed by atoms with Crippen LogP contribution in [-0.4, -0.2) is 18.3 Å². The molecule has 0 fully saturated rings. The summed E-state index contributed by atoms with van der Waals surface area (Å²) in [4.78, 5) is 12.8. The van der Waals surface area contributed by atoms with Gasteiger partial charge < -0.3 is 4.74 Å². The molecule has 0 amide bonds. The maximum Gasteiger partial charge on any atom is 0.310 e. The third-order valence-corrected chi connectivity index (χ3v) is 3.97. The predicted octanol–water partition coefficient (Wildman–Crippen LogP) is 3.85. The van der Waals surface area contributed by atoms with E-state index in [-0.39, 0.29) is 5.97 Å². The second kappa shape index (κ2) is 7.47. The number of carbonyl (C=O) groups excluding carboxylic acids is 1. The quantitative estimate of drug-likeness (QED) is 0.578. The number of hydrogen-bond donors (Lipinski definition) is 0. The minimum Gasteiger partial charge on any atom is -0.466 e. The van der Waals surface area contributed by atoms with Crippen molar-refractivity contribution in [3.8, 4) is 0 Å². The lowest BCUT2D eigenvalue weighted by Gasteiger charge is -2.11. The minimum atomic E-state index is -0.144. The number of rotatable bonds is 6. The van der Waals surface area contributed by atoms with E-state index >= 15 is 0 Å². The predicted molar refractivity (Wildman–Crippen MR) is 77.1 cm³/mol. The zero-order chi connectivity index (χ0) is 13.5. The largest absolute Gasteiger partial charge is 0.466 e. The fourth-order valence-electron chi connectivity index (χ4n) is 1.61. The number of aryl methyl sites for hydroxylation is 1. The average molecular weight is 266 g/mol. The van der Waals surface area contributed by atoms with Crippen LogP contribution in [0.5, 0.6) is 0 Å². The monoisotopic (exact) mass is 266 g/mol. The summed E-state index contributed by atoms with van der Waals surface area (Å²) < 4.78 is 5.02. The zero-order valence-electron chi connectivity index (χ0n) is 11.7. The highest BCUT2D eigenvalue weighted by Gasteiger charge is 2.10. The van der Waals surface area contributed by atoms with Crippen LogP contribution in [0.25, 0.3) is 0 Å². The molecule has 18 heavy (non-hydrogen) atoms. The second-order valence-corrected chi connectivity index (χ2v) is 5.86. The minimum absolute atomic E-state index is 0.144. The van der Waals surface area contributed by atoms with Crippen molar-refractivity contribution in [2.75, 3.05) is 12.4 Å². The molecule has 0 heterocycles. The summed E-state index contributed by atoms with van der Waals surface area (Å²) in [5.41, 5.74) is 2.27. The van der Waals surface area contributed by atoms with Crippen LogP contribution < -0.4 is 0 Å². The molecule has 100 valence electrons. The van der Waals surface area contributed by atoms with Crippen LogP contribution in [0.2, 0.25) is 0 Å². The van der Waals surface area contributed by atoms with Crippen molar-refractivity contribution in [3.05, 3.63) is 29.3 Å². The highest BCUT2D eigenvalue weighted by atomic mass is 32.2. The topological polar surface area (TPSA) is 26.3 Å². The molecule has 0 N–H and O–H groups in total. The van der Waals surface area contributed by atoms with E-state index in [1.165, 1.54) is 10.5 Å². The van der Waals surface area contributed by atoms with Crippen LogP contribution in [0.1, 0.15) is 31.9 Å². The molecule has 2 nitrogen and oxygen atoms in total. The summed E-state index contributed by atoms with van der Waals surface area (Å²) in [6.07, 6.45) is 0.371. The molecule has 0 spiro atoms. The molecule has 1 aromatic rings. The molecule has 0 atom stereocenters. The second-order valence-electron chi connectivity index (χ2n) is 4.80. The first-order valence-electron chi connectivity index (χ1n) is 6.40. The van der Waals surface area contributed by atoms with Crippen molar-refractivity contribution >= 4 is 17.7 Å². The van der Waals surface area contributed by atoms with E-state index < -0.39 is 0 Å². The van der Waals surface area contributed by atoms with E-state index in [0.29, 0.717) is 18.9 Å². The Morgan fingerprint density at radius 1 is 1.39 bits per heavy atom. The lowest BCUT2D eigenvalue weighted by molar-refractivity contribution is -0.142. The first kappa shape index (κ1) is 15.1. The van der Waals surface area contributed by atoms with Crippen molar-refractivity contribution in [1.82, 2.24) is 0 Å². The Bertz CT molecular complexity index is 399. The van der Waals surface area contributed by atoms with E-state index in [0.717, 1.165) is 11.3 Å². The molecule has 0 bridgehead atoms. The first-order chi connectivity index (χ1) is 8.52. The molecule has 0 aromatic heterocycles. The number of esters is 1. The summed E-state index contributed by atoms with van der Waals surface area (Å²) in [6, 6.07) is 6.29. The van der Waals surface area contributed by atoms with Gasteiger partial charge in [-0.3, -0.25) is 4.79 Å². The Morgan fingerprint density at radius 2 is 2.11 bits per heavy atom. The molecule has 3 heteroatoms. The summed E-state index contributed by atoms with van der Waals surface area (Å²) in [7, 11) is 0. The lowest BCUT2D eigenvalue weighted by Crippen LogP contribution is -2.08. The van der Waals surface area contributed by atoms with Gasteiger partial charge in [0.2, 0.25) is 0 Å². The highest BCUT2D eigenvalue weighted by molar-refractivity contribution is 7.99. The van der Waals surface area contributed by atoms with Crippen LogP contribution >= 0.6 is 11.8 Å². The van der Waals surface area contributed by atoms with E-state index in [4.69, 9.17) is 4.74 Å². The molecule has 0 saturated carbocycles. The van der Waals surface area contributed by atoms with Gasteiger partial charge in [-0.2, -0.15) is 0 Å². The maximum atomic E-state index is 11.6. The Hall–Kier alpha value is -0.960. The van der Waals surface area contributed by atoms with Crippen LogP contribution in [-0.2, 0) is 16.0 Å². The molecule has 0 aliphatic rings. The van der Waals surface area contributed by atoms with Gasteiger partial charge in [-0.1, -0.05) is 31.5 Å². The summed E-state index contributed by atoms with van der Waals surface area (Å²) in [5.74, 6) is 1.57. The zero-order valence-corrected chi connectivity index (χ0v) is 12.5. The van der Waals surface area contributed by atoms with Gasteiger partial charge in [-0.05, 0) is 31.4 Å². The van der Waals surface area contributed by atoms with Gasteiger partial charge in [0.15, 0.2) is 0 Å². The first-order valence-corrected chi connectivity index (χ1v) is 7.39. The Labute approximate surface area is 114 Å². The fraction of sp³-hybridized carbons (Fsp3) is 0.533. The van der Waals surface area contributed by atoms with Crippen LogP contribution in [0.15, 0.2) is 23.1 Å². The SMILES string of the molecule is CCOC(=O)Cc1cc(C)ccc1SCC(C)C. The molecule has 0 aliphatic heterocycles. The molecule has 1 aromatic carbocycles. The van der Waals surface area contributed by atoms with E-state index in [2.05, 4.69) is 32.0 Å². The smallest absolute Gasteiger partial charge is 0.310 e. The number of hydrogen-bond acceptors (Lipinski definition) is 3. The third kappa shape index (κ3) is 5.13. The molecule has 1 rings (SSSR count). The molecular formula is C15H22O2S. The Balaban J connectivity index is 2.79. The van der Waals surface area contributed by atoms with Crippen LogP contribution in [0, 0.1) is 12.8 Å². The van der Waals surface area contributed by atoms with Gasteiger partial charge in [0.05, 0.1) is 13.0 Å². The summed E-state index contributed by atoms with van der Waals surface area (Å²) in [6.45, 7) is 8.73. The van der Waals surface area contributed by atoms with E-state index in [1.54, 1.807) is 0 Å². The van der Waals surface area contributed by atoms with Crippen molar-refractivity contribution in [1.29, 1.82) is 0 Å². The Kier molecular flexibility index (Phi) is 6.27. The van der Waals surface area contributed by atoms with Crippen molar-refractivity contribution < 1.29 is 9.53 Å². The number of benzene rings is 1. The molecule has 0 saturated heterocycles. The van der Waals surface area contributed by atoms with Gasteiger partial charge in [0.25, 0.3) is 0 Å². The van der Waals surface area contributed by atoms with Crippen LogP contribution in [0.3, 0.4) is 0 Å². The summed E-state index contributed by atoms with van der Waals surface area (Å²) >= 11 is 1.82. The summed E-state index contributed by atoms with van der Waals surface area (Å²) in [5, 5.41) is 0. The van der Waals surface area contributed by atoms with Gasteiger partial charge >= 0.3 is 5.97 Å². The van der Waals surface area contributed by atoms with Gasteiger partial charge in [-0.15, -0.1) is 11.8 Å². The Morgan fingerprint density at radius 3 is 2.72 bits per heavy atom. The maximum absolute atomic E-state index is 11.6. The molecule has 0 aliphatic carbocycles. The van der Waals surface area contributed by atoms with Gasteiger partial charge in [-0.25, -0.2) is 0 Å². The van der Waals surface area contributed by atoms with E-state index in [9.17, 15) is 4.79 Å². The number of carbonyl (C=O) groups is 1. The number of ether oxygens (including phenoxy) is 1. The molecular weight excluding hydrogens is 244 g/mol. The van der Waals surface area contributed by atoms with Gasteiger partial charge in [0, 0.05) is 10.6 Å². The lowest BCUT2D eigenvalue weighted by atomic mass is 10.1. The number of thioether (sulfide) groups is 1. The van der Waals surface area contributed by atoms with Crippen molar-refractivity contribution in [2.24, 2.45) is 5.92 Å². The average Bonchev–Trinajstić information content (AvgIpc) is 2.28. The van der Waals surface area contributed by atoms with E-state index in [1.807, 2.05) is 25.6 Å². The molecule has 0 radical (unpaired) electrons. The van der Waals surface area contributed by atoms with Crippen molar-refractivity contribution in [3.63, 3.8) is 0 Å². The highest BCUT2D eigenvalue weighted by Crippen LogP contribution is 2.26. The van der Waals surface area contributed by atoms with Crippen molar-refractivity contribution in [2.45, 2.75) is 39.0 Å². The normalized spacial score (nSPS) is 10.7.